The lowest BCUT2D eigenvalue weighted by atomic mass is 9.90. The van der Waals surface area contributed by atoms with Crippen LogP contribution in [0.1, 0.15) is 51.4 Å². The maximum absolute atomic E-state index is 11.9. The van der Waals surface area contributed by atoms with E-state index in [0.717, 1.165) is 12.8 Å². The van der Waals surface area contributed by atoms with Crippen molar-refractivity contribution < 1.29 is 19.1 Å². The molecule has 4 nitrogen and oxygen atoms in total. The minimum absolute atomic E-state index is 0.0823. The van der Waals surface area contributed by atoms with E-state index in [0.29, 0.717) is 24.0 Å². The molecule has 2 rings (SSSR count). The Morgan fingerprint density at radius 1 is 1.00 bits per heavy atom. The van der Waals surface area contributed by atoms with Gasteiger partial charge in [-0.3, -0.25) is 9.59 Å². The van der Waals surface area contributed by atoms with E-state index < -0.39 is 5.97 Å². The Morgan fingerprint density at radius 2 is 1.68 bits per heavy atom. The monoisotopic (exact) mass is 406 g/mol. The van der Waals surface area contributed by atoms with E-state index in [9.17, 15) is 9.59 Å². The van der Waals surface area contributed by atoms with Crippen molar-refractivity contribution in [1.29, 1.82) is 0 Å². The van der Waals surface area contributed by atoms with Crippen LogP contribution in [0.25, 0.3) is 0 Å². The van der Waals surface area contributed by atoms with Gasteiger partial charge in [0.05, 0.1) is 11.6 Å². The number of benzene rings is 1. The molecule has 0 amide bonds. The second-order valence-electron chi connectivity index (χ2n) is 6.21. The van der Waals surface area contributed by atoms with Crippen LogP contribution in [0.15, 0.2) is 12.1 Å². The summed E-state index contributed by atoms with van der Waals surface area (Å²) in [5.41, 5.74) is 0. The summed E-state index contributed by atoms with van der Waals surface area (Å²) in [5.74, 6) is -0.177. The van der Waals surface area contributed by atoms with Gasteiger partial charge in [-0.1, -0.05) is 54.1 Å². The van der Waals surface area contributed by atoms with Gasteiger partial charge in [-0.05, 0) is 31.2 Å². The van der Waals surface area contributed by atoms with E-state index in [4.69, 9.17) is 44.3 Å². The molecule has 1 aliphatic rings. The average Bonchev–Trinajstić information content (AvgIpc) is 2.58. The molecule has 0 atom stereocenters. The predicted octanol–water partition coefficient (Wildman–Crippen LogP) is 5.85. The molecule has 0 bridgehead atoms. The second-order valence-corrected chi connectivity index (χ2v) is 7.44. The van der Waals surface area contributed by atoms with Gasteiger partial charge in [0.25, 0.3) is 0 Å². The van der Waals surface area contributed by atoms with Crippen LogP contribution in [-0.2, 0) is 14.3 Å². The third-order valence-corrected chi connectivity index (χ3v) is 5.15. The quantitative estimate of drug-likeness (QED) is 0.323. The zero-order valence-corrected chi connectivity index (χ0v) is 16.1. The fourth-order valence-corrected chi connectivity index (χ4v) is 3.42. The van der Waals surface area contributed by atoms with Crippen LogP contribution in [0, 0.1) is 5.92 Å². The second kappa shape index (κ2) is 10.2. The van der Waals surface area contributed by atoms with Gasteiger partial charge < -0.3 is 9.47 Å². The molecule has 0 aliphatic heterocycles. The Kier molecular flexibility index (Phi) is 8.34. The number of esters is 2. The Labute approximate surface area is 162 Å². The molecule has 0 N–H and O–H groups in total. The number of hydrogen-bond acceptors (Lipinski definition) is 4. The van der Waals surface area contributed by atoms with Crippen molar-refractivity contribution in [2.45, 2.75) is 51.4 Å². The van der Waals surface area contributed by atoms with Crippen LogP contribution in [0.3, 0.4) is 0 Å². The SMILES string of the molecule is O=C(CCCC(=O)Oc1cc(Cl)cc(Cl)c1Cl)OCC1CCCCC1. The van der Waals surface area contributed by atoms with E-state index in [-0.39, 0.29) is 34.6 Å². The highest BCUT2D eigenvalue weighted by Crippen LogP contribution is 2.35. The molecule has 1 aliphatic carbocycles. The topological polar surface area (TPSA) is 52.6 Å². The number of carbonyl (C=O) groups is 2. The van der Waals surface area contributed by atoms with E-state index in [2.05, 4.69) is 0 Å². The highest BCUT2D eigenvalue weighted by molar-refractivity contribution is 6.44. The molecule has 1 saturated carbocycles. The summed E-state index contributed by atoms with van der Waals surface area (Å²) in [6.45, 7) is 0.486. The predicted molar refractivity (Wildman–Crippen MR) is 98.5 cm³/mol. The maximum Gasteiger partial charge on any atom is 0.311 e. The first-order valence-corrected chi connectivity index (χ1v) is 9.60. The lowest BCUT2D eigenvalue weighted by molar-refractivity contribution is -0.145. The van der Waals surface area contributed by atoms with Crippen molar-refractivity contribution in [3.05, 3.63) is 27.2 Å². The van der Waals surface area contributed by atoms with Crippen molar-refractivity contribution in [3.63, 3.8) is 0 Å². The third kappa shape index (κ3) is 7.04. The van der Waals surface area contributed by atoms with Gasteiger partial charge in [0.15, 0.2) is 5.75 Å². The first-order valence-electron chi connectivity index (χ1n) is 8.46. The van der Waals surface area contributed by atoms with Gasteiger partial charge >= 0.3 is 11.9 Å². The van der Waals surface area contributed by atoms with Gasteiger partial charge in [0, 0.05) is 23.9 Å². The summed E-state index contributed by atoms with van der Waals surface area (Å²) in [5, 5.41) is 0.665. The molecule has 25 heavy (non-hydrogen) atoms. The lowest BCUT2D eigenvalue weighted by Crippen LogP contribution is -2.17. The fraction of sp³-hybridized carbons (Fsp3) is 0.556. The summed E-state index contributed by atoms with van der Waals surface area (Å²) >= 11 is 17.7. The molecule has 0 radical (unpaired) electrons. The van der Waals surface area contributed by atoms with Crippen LogP contribution >= 0.6 is 34.8 Å². The Morgan fingerprint density at radius 3 is 2.40 bits per heavy atom. The van der Waals surface area contributed by atoms with Gasteiger partial charge in [-0.15, -0.1) is 0 Å². The smallest absolute Gasteiger partial charge is 0.311 e. The molecular formula is C18H21Cl3O4. The summed E-state index contributed by atoms with van der Waals surface area (Å²) in [6.07, 6.45) is 6.58. The fourth-order valence-electron chi connectivity index (χ4n) is 2.79. The minimum Gasteiger partial charge on any atom is -0.465 e. The third-order valence-electron chi connectivity index (χ3n) is 4.15. The van der Waals surface area contributed by atoms with Crippen molar-refractivity contribution in [2.75, 3.05) is 6.61 Å². The molecule has 0 spiro atoms. The average molecular weight is 408 g/mol. The van der Waals surface area contributed by atoms with Crippen LogP contribution in [-0.4, -0.2) is 18.5 Å². The number of carbonyl (C=O) groups excluding carboxylic acids is 2. The molecule has 0 heterocycles. The zero-order valence-electron chi connectivity index (χ0n) is 13.9. The standard InChI is InChI=1S/C18H21Cl3O4/c19-13-9-14(20)18(21)15(10-13)25-17(23)8-4-7-16(22)24-11-12-5-2-1-3-6-12/h9-10,12H,1-8,11H2. The molecule has 1 aromatic rings. The van der Waals surface area contributed by atoms with Crippen molar-refractivity contribution >= 4 is 46.7 Å². The maximum atomic E-state index is 11.9. The van der Waals surface area contributed by atoms with Crippen LogP contribution < -0.4 is 4.74 Å². The number of ether oxygens (including phenoxy) is 2. The Bertz CT molecular complexity index is 613. The highest BCUT2D eigenvalue weighted by atomic mass is 35.5. The number of rotatable bonds is 7. The van der Waals surface area contributed by atoms with Crippen molar-refractivity contribution in [2.24, 2.45) is 5.92 Å². The number of hydrogen-bond donors (Lipinski definition) is 0. The Balaban J connectivity index is 1.67. The van der Waals surface area contributed by atoms with Gasteiger partial charge in [0.1, 0.15) is 5.02 Å². The molecule has 0 aromatic heterocycles. The van der Waals surface area contributed by atoms with E-state index >= 15 is 0 Å². The van der Waals surface area contributed by atoms with Crippen LogP contribution in [0.2, 0.25) is 15.1 Å². The molecule has 1 fully saturated rings. The molecule has 138 valence electrons. The molecule has 1 aromatic carbocycles. The largest absolute Gasteiger partial charge is 0.465 e. The van der Waals surface area contributed by atoms with E-state index in [1.807, 2.05) is 0 Å². The molecule has 0 saturated heterocycles. The van der Waals surface area contributed by atoms with Gasteiger partial charge in [0.2, 0.25) is 0 Å². The first-order chi connectivity index (χ1) is 12.0. The molecule has 0 unspecified atom stereocenters. The minimum atomic E-state index is -0.500. The van der Waals surface area contributed by atoms with Gasteiger partial charge in [-0.2, -0.15) is 0 Å². The summed E-state index contributed by atoms with van der Waals surface area (Å²) in [7, 11) is 0. The van der Waals surface area contributed by atoms with Crippen LogP contribution in [0.5, 0.6) is 5.75 Å². The summed E-state index contributed by atoms with van der Waals surface area (Å²) in [4.78, 5) is 23.6. The van der Waals surface area contributed by atoms with Crippen molar-refractivity contribution in [3.8, 4) is 5.75 Å². The normalized spacial score (nSPS) is 15.0. The summed E-state index contributed by atoms with van der Waals surface area (Å²) in [6, 6.07) is 2.89. The molecule has 7 heteroatoms. The zero-order chi connectivity index (χ0) is 18.2. The summed E-state index contributed by atoms with van der Waals surface area (Å²) < 4.78 is 10.4. The van der Waals surface area contributed by atoms with Gasteiger partial charge in [-0.25, -0.2) is 0 Å². The Hall–Kier alpha value is -0.970. The van der Waals surface area contributed by atoms with E-state index in [1.165, 1.54) is 31.4 Å². The van der Waals surface area contributed by atoms with E-state index in [1.54, 1.807) is 0 Å². The number of halogens is 3. The van der Waals surface area contributed by atoms with Crippen molar-refractivity contribution in [1.82, 2.24) is 0 Å². The van der Waals surface area contributed by atoms with Crippen LogP contribution in [0.4, 0.5) is 0 Å². The highest BCUT2D eigenvalue weighted by Gasteiger charge is 2.16. The lowest BCUT2D eigenvalue weighted by Gasteiger charge is -2.20. The molecular weight excluding hydrogens is 387 g/mol. The first kappa shape index (κ1) is 20.3.